The molecule has 2 aliphatic heterocycles. The third-order valence-corrected chi connectivity index (χ3v) is 7.64. The normalized spacial score (nSPS) is 20.9. The van der Waals surface area contributed by atoms with Crippen molar-refractivity contribution in [1.82, 2.24) is 10.3 Å². The molecule has 3 aromatic rings. The molecule has 2 aromatic carbocycles. The van der Waals surface area contributed by atoms with Gasteiger partial charge in [0, 0.05) is 50.0 Å². The minimum Gasteiger partial charge on any atom is -0.378 e. The van der Waals surface area contributed by atoms with E-state index in [4.69, 9.17) is 17.2 Å². The Balaban J connectivity index is 1.63. The van der Waals surface area contributed by atoms with Gasteiger partial charge >= 0.3 is 0 Å². The number of thiocarbonyl (C=S) groups is 1. The summed E-state index contributed by atoms with van der Waals surface area (Å²) in [6.07, 6.45) is 4.20. The lowest BCUT2D eigenvalue weighted by molar-refractivity contribution is 0.566. The van der Waals surface area contributed by atoms with E-state index < -0.39 is 0 Å². The van der Waals surface area contributed by atoms with Crippen LogP contribution in [0.25, 0.3) is 5.57 Å². The van der Waals surface area contributed by atoms with Crippen LogP contribution in [0.1, 0.15) is 49.7 Å². The van der Waals surface area contributed by atoms with Crippen molar-refractivity contribution in [2.24, 2.45) is 0 Å². The number of pyridine rings is 1. The lowest BCUT2D eigenvalue weighted by atomic mass is 9.86. The van der Waals surface area contributed by atoms with E-state index in [1.165, 1.54) is 22.4 Å². The number of fused-ring (bicyclic) bond motifs is 1. The summed E-state index contributed by atoms with van der Waals surface area (Å²) < 4.78 is 0. The van der Waals surface area contributed by atoms with E-state index in [1.807, 2.05) is 18.3 Å². The maximum absolute atomic E-state index is 5.91. The molecule has 2 atom stereocenters. The number of nitrogens with one attached hydrogen (secondary N) is 1. The molecule has 5 rings (SSSR count). The van der Waals surface area contributed by atoms with Crippen LogP contribution >= 0.6 is 12.2 Å². The molecule has 0 spiro atoms. The van der Waals surface area contributed by atoms with Gasteiger partial charge in [-0.1, -0.05) is 18.2 Å². The summed E-state index contributed by atoms with van der Waals surface area (Å²) in [5.41, 5.74) is 8.22. The van der Waals surface area contributed by atoms with E-state index in [2.05, 4.69) is 117 Å². The van der Waals surface area contributed by atoms with Crippen LogP contribution in [0.3, 0.4) is 0 Å². The maximum atomic E-state index is 5.91. The fraction of sp³-hybridized carbons (Fsp3) is 0.310. The second-order valence-electron chi connectivity index (χ2n) is 10.2. The molecule has 3 heterocycles. The molecule has 0 bridgehead atoms. The average molecular weight is 484 g/mol. The zero-order valence-electron chi connectivity index (χ0n) is 21.3. The predicted molar refractivity (Wildman–Crippen MR) is 151 cm³/mol. The van der Waals surface area contributed by atoms with Gasteiger partial charge in [0.25, 0.3) is 0 Å². The first-order chi connectivity index (χ1) is 16.7. The zero-order chi connectivity index (χ0) is 24.9. The topological polar surface area (TPSA) is 34.6 Å². The van der Waals surface area contributed by atoms with Gasteiger partial charge in [0.2, 0.25) is 0 Å². The Labute approximate surface area is 214 Å². The minimum absolute atomic E-state index is 0.0220. The number of aromatic nitrogens is 1. The highest BCUT2D eigenvalue weighted by Gasteiger charge is 2.41. The van der Waals surface area contributed by atoms with E-state index in [-0.39, 0.29) is 17.6 Å². The summed E-state index contributed by atoms with van der Waals surface area (Å²) >= 11 is 5.91. The molecule has 0 radical (unpaired) electrons. The summed E-state index contributed by atoms with van der Waals surface area (Å²) in [6, 6.07) is 21.4. The van der Waals surface area contributed by atoms with E-state index in [0.29, 0.717) is 5.11 Å². The molecule has 2 aliphatic rings. The molecule has 6 heteroatoms. The standard InChI is InChI=1S/C29H33N5S/c1-19-18-29(2,3)33(6)25-15-10-20(17-23(19)25)27-26(24-9-7-8-16-30-24)31-28(35)34(27)22-13-11-21(12-14-22)32(4)5/h7-18,26-27H,1-6H3,(H,31,35)/t26-,27+/m0/s1. The van der Waals surface area contributed by atoms with Gasteiger partial charge in [-0.15, -0.1) is 0 Å². The first-order valence-corrected chi connectivity index (χ1v) is 12.4. The van der Waals surface area contributed by atoms with Gasteiger partial charge < -0.3 is 20.0 Å². The van der Waals surface area contributed by atoms with E-state index in [9.17, 15) is 0 Å². The maximum Gasteiger partial charge on any atom is 0.174 e. The lowest BCUT2D eigenvalue weighted by Crippen LogP contribution is -2.42. The van der Waals surface area contributed by atoms with Crippen LogP contribution < -0.4 is 20.0 Å². The van der Waals surface area contributed by atoms with Crippen molar-refractivity contribution in [2.75, 3.05) is 35.8 Å². The van der Waals surface area contributed by atoms with Crippen molar-refractivity contribution in [2.45, 2.75) is 38.4 Å². The Morgan fingerprint density at radius 1 is 1.03 bits per heavy atom. The van der Waals surface area contributed by atoms with Gasteiger partial charge in [-0.25, -0.2) is 0 Å². The van der Waals surface area contributed by atoms with Crippen LogP contribution in [0.2, 0.25) is 0 Å². The molecule has 0 saturated carbocycles. The summed E-state index contributed by atoms with van der Waals surface area (Å²) in [4.78, 5) is 11.4. The number of benzene rings is 2. The zero-order valence-corrected chi connectivity index (χ0v) is 22.1. The van der Waals surface area contributed by atoms with Gasteiger partial charge in [0.1, 0.15) is 0 Å². The Bertz CT molecular complexity index is 1280. The fourth-order valence-electron chi connectivity index (χ4n) is 5.24. The van der Waals surface area contributed by atoms with Crippen molar-refractivity contribution >= 4 is 40.0 Å². The minimum atomic E-state index is -0.0580. The quantitative estimate of drug-likeness (QED) is 0.462. The predicted octanol–water partition coefficient (Wildman–Crippen LogP) is 5.96. The Hall–Kier alpha value is -3.38. The molecule has 1 fully saturated rings. The SMILES string of the molecule is CC1=CC(C)(C)N(C)c2ccc([C@@H]3[C@H](c4ccccn4)NC(=S)N3c3ccc(N(C)C)cc3)cc21. The highest BCUT2D eigenvalue weighted by atomic mass is 32.1. The highest BCUT2D eigenvalue weighted by molar-refractivity contribution is 7.80. The number of allylic oxidation sites excluding steroid dienone is 1. The molecule has 0 aliphatic carbocycles. The molecule has 1 N–H and O–H groups in total. The van der Waals surface area contributed by atoms with Crippen molar-refractivity contribution in [3.05, 3.63) is 89.8 Å². The van der Waals surface area contributed by atoms with E-state index in [1.54, 1.807) is 0 Å². The van der Waals surface area contributed by atoms with Crippen molar-refractivity contribution in [1.29, 1.82) is 0 Å². The van der Waals surface area contributed by atoms with Gasteiger partial charge in [-0.2, -0.15) is 0 Å². The van der Waals surface area contributed by atoms with Crippen LogP contribution in [0, 0.1) is 0 Å². The van der Waals surface area contributed by atoms with Crippen molar-refractivity contribution in [3.63, 3.8) is 0 Å². The third kappa shape index (κ3) is 4.06. The Morgan fingerprint density at radius 2 is 1.77 bits per heavy atom. The van der Waals surface area contributed by atoms with Gasteiger partial charge in [-0.05, 0) is 92.7 Å². The largest absolute Gasteiger partial charge is 0.378 e. The van der Waals surface area contributed by atoms with E-state index >= 15 is 0 Å². The molecule has 1 aromatic heterocycles. The van der Waals surface area contributed by atoms with Crippen LogP contribution in [0.5, 0.6) is 0 Å². The summed E-state index contributed by atoms with van der Waals surface area (Å²) in [6.45, 7) is 6.72. The average Bonchev–Trinajstić information content (AvgIpc) is 3.19. The molecule has 0 amide bonds. The van der Waals surface area contributed by atoms with Gasteiger partial charge in [0.05, 0.1) is 23.3 Å². The van der Waals surface area contributed by atoms with Gasteiger partial charge in [0.15, 0.2) is 5.11 Å². The molecule has 1 saturated heterocycles. The monoisotopic (exact) mass is 483 g/mol. The molecule has 180 valence electrons. The summed E-state index contributed by atoms with van der Waals surface area (Å²) in [5.74, 6) is 0. The smallest absolute Gasteiger partial charge is 0.174 e. The van der Waals surface area contributed by atoms with Crippen molar-refractivity contribution < 1.29 is 0 Å². The van der Waals surface area contributed by atoms with Gasteiger partial charge in [-0.3, -0.25) is 4.98 Å². The van der Waals surface area contributed by atoms with Crippen molar-refractivity contribution in [3.8, 4) is 0 Å². The molecule has 5 nitrogen and oxygen atoms in total. The molecule has 0 unspecified atom stereocenters. The Kier molecular flexibility index (Phi) is 5.80. The second-order valence-corrected chi connectivity index (χ2v) is 10.6. The highest BCUT2D eigenvalue weighted by Crippen LogP contribution is 2.45. The first-order valence-electron chi connectivity index (χ1n) is 12.0. The number of hydrogen-bond donors (Lipinski definition) is 1. The number of rotatable bonds is 4. The Morgan fingerprint density at radius 3 is 2.43 bits per heavy atom. The van der Waals surface area contributed by atoms with E-state index in [0.717, 1.165) is 17.1 Å². The number of nitrogens with zero attached hydrogens (tertiary/aromatic N) is 4. The summed E-state index contributed by atoms with van der Waals surface area (Å²) in [7, 11) is 6.28. The number of anilines is 3. The fourth-order valence-corrected chi connectivity index (χ4v) is 5.59. The second kappa shape index (κ2) is 8.68. The lowest BCUT2D eigenvalue weighted by Gasteiger charge is -2.41. The van der Waals surface area contributed by atoms with Crippen LogP contribution in [-0.4, -0.2) is 36.8 Å². The van der Waals surface area contributed by atoms with Crippen LogP contribution in [-0.2, 0) is 0 Å². The molecular weight excluding hydrogens is 450 g/mol. The number of hydrogen-bond acceptors (Lipinski definition) is 4. The third-order valence-electron chi connectivity index (χ3n) is 7.32. The molecular formula is C29H33N5S. The van der Waals surface area contributed by atoms with Crippen LogP contribution in [0.15, 0.2) is 72.9 Å². The number of likely N-dealkylation sites (N-methyl/N-ethyl adjacent to an activating group) is 1. The first kappa shape index (κ1) is 23.4. The molecule has 35 heavy (non-hydrogen) atoms. The summed E-state index contributed by atoms with van der Waals surface area (Å²) in [5, 5.41) is 4.29. The van der Waals surface area contributed by atoms with Crippen LogP contribution in [0.4, 0.5) is 17.1 Å².